The van der Waals surface area contributed by atoms with E-state index in [1.165, 1.54) is 12.2 Å². The van der Waals surface area contributed by atoms with Gasteiger partial charge in [0.25, 0.3) is 5.91 Å². The van der Waals surface area contributed by atoms with Gasteiger partial charge in [0, 0.05) is 11.5 Å². The first-order valence-electron chi connectivity index (χ1n) is 11.6. The van der Waals surface area contributed by atoms with E-state index >= 15 is 0 Å². The quantitative estimate of drug-likeness (QED) is 0.588. The molecule has 6 atom stereocenters. The highest BCUT2D eigenvalue weighted by molar-refractivity contribution is 7.92. The topological polar surface area (TPSA) is 121 Å². The summed E-state index contributed by atoms with van der Waals surface area (Å²) >= 11 is 0. The zero-order valence-corrected chi connectivity index (χ0v) is 20.2. The Hall–Kier alpha value is -1.83. The van der Waals surface area contributed by atoms with Crippen molar-refractivity contribution >= 4 is 21.7 Å². The number of aliphatic hydroxyl groups is 1. The van der Waals surface area contributed by atoms with E-state index < -0.39 is 44.8 Å². The van der Waals surface area contributed by atoms with Crippen molar-refractivity contribution in [2.75, 3.05) is 12.3 Å². The van der Waals surface area contributed by atoms with Crippen molar-refractivity contribution in [1.82, 2.24) is 5.32 Å². The van der Waals surface area contributed by atoms with Gasteiger partial charge in [0.15, 0.2) is 9.84 Å². The molecular weight excluding hydrogens is 430 g/mol. The van der Waals surface area contributed by atoms with E-state index in [9.17, 15) is 23.1 Å². The number of amides is 1. The van der Waals surface area contributed by atoms with Crippen LogP contribution in [-0.2, 0) is 19.4 Å². The van der Waals surface area contributed by atoms with E-state index in [1.807, 2.05) is 0 Å². The van der Waals surface area contributed by atoms with E-state index in [2.05, 4.69) is 33.0 Å². The van der Waals surface area contributed by atoms with Gasteiger partial charge in [-0.05, 0) is 59.8 Å². The first-order valence-corrected chi connectivity index (χ1v) is 13.3. The van der Waals surface area contributed by atoms with Gasteiger partial charge in [-0.25, -0.2) is 8.42 Å². The molecule has 2 unspecified atom stereocenters. The number of carbonyl (C=O) groups excluding carboxylic acids is 1. The summed E-state index contributed by atoms with van der Waals surface area (Å²) in [5.41, 5.74) is -0.339. The molecule has 4 aliphatic rings. The van der Waals surface area contributed by atoms with E-state index in [-0.39, 0.29) is 33.8 Å². The minimum absolute atomic E-state index is 0.00863. The van der Waals surface area contributed by atoms with Gasteiger partial charge in [0.2, 0.25) is 0 Å². The number of fused-ring (bicyclic) bond motifs is 5. The lowest BCUT2D eigenvalue weighted by Gasteiger charge is -2.66. The van der Waals surface area contributed by atoms with Crippen molar-refractivity contribution in [2.45, 2.75) is 65.0 Å². The predicted molar refractivity (Wildman–Crippen MR) is 121 cm³/mol. The van der Waals surface area contributed by atoms with Crippen molar-refractivity contribution in [1.29, 1.82) is 0 Å². The van der Waals surface area contributed by atoms with Gasteiger partial charge in [-0.15, -0.1) is 0 Å². The summed E-state index contributed by atoms with van der Waals surface area (Å²) in [7, 11) is -3.62. The lowest BCUT2D eigenvalue weighted by atomic mass is 9.41. The Kier molecular flexibility index (Phi) is 5.35. The summed E-state index contributed by atoms with van der Waals surface area (Å²) in [6.07, 6.45) is 7.83. The largest absolute Gasteiger partial charge is 0.512 e. The standard InChI is InChI=1S/C24H35NO6S/c1-22(2)7-5-8-23(3)17(22)6-9-24(4)18(23)13-32(30,31)16-11-14(10-15(26)20(16)24)21(29)25-12-19(27)28/h10-11,16-18,20,26H,5-9,12-13H2,1-4H3,(H,25,29)(H,27,28)/t16?,17-,18+,20?,23-,24+/m0/s1. The van der Waals surface area contributed by atoms with E-state index in [4.69, 9.17) is 5.11 Å². The number of carboxylic acids is 1. The number of hydrogen-bond acceptors (Lipinski definition) is 5. The van der Waals surface area contributed by atoms with Crippen molar-refractivity contribution < 1.29 is 28.2 Å². The van der Waals surface area contributed by atoms with Crippen LogP contribution in [0.4, 0.5) is 0 Å². The lowest BCUT2D eigenvalue weighted by molar-refractivity contribution is -0.140. The molecular formula is C24H35NO6S. The van der Waals surface area contributed by atoms with Crippen LogP contribution in [0.25, 0.3) is 0 Å². The minimum Gasteiger partial charge on any atom is -0.512 e. The molecule has 7 nitrogen and oxygen atoms in total. The average Bonchev–Trinajstić information content (AvgIpc) is 2.67. The molecule has 0 aromatic rings. The second-order valence-corrected chi connectivity index (χ2v) is 13.7. The van der Waals surface area contributed by atoms with Crippen molar-refractivity contribution in [3.05, 3.63) is 23.5 Å². The van der Waals surface area contributed by atoms with Crippen molar-refractivity contribution in [3.63, 3.8) is 0 Å². The Morgan fingerprint density at radius 3 is 2.44 bits per heavy atom. The Morgan fingerprint density at radius 1 is 1.09 bits per heavy atom. The van der Waals surface area contributed by atoms with Crippen LogP contribution in [0.15, 0.2) is 23.5 Å². The maximum Gasteiger partial charge on any atom is 0.322 e. The third-order valence-corrected chi connectivity index (χ3v) is 11.4. The van der Waals surface area contributed by atoms with Gasteiger partial charge < -0.3 is 15.5 Å². The molecule has 1 aliphatic heterocycles. The third kappa shape index (κ3) is 3.40. The van der Waals surface area contributed by atoms with E-state index in [0.29, 0.717) is 5.92 Å². The summed E-state index contributed by atoms with van der Waals surface area (Å²) in [6, 6.07) is 0. The van der Waals surface area contributed by atoms with Crippen LogP contribution in [0.3, 0.4) is 0 Å². The van der Waals surface area contributed by atoms with Crippen LogP contribution >= 0.6 is 0 Å². The number of rotatable bonds is 3. The second kappa shape index (κ2) is 7.34. The Morgan fingerprint density at radius 2 is 1.78 bits per heavy atom. The highest BCUT2D eigenvalue weighted by atomic mass is 32.2. The van der Waals surface area contributed by atoms with Crippen LogP contribution in [0.1, 0.15) is 59.8 Å². The molecule has 3 N–H and O–H groups in total. The average molecular weight is 466 g/mol. The minimum atomic E-state index is -3.62. The molecule has 2 saturated carbocycles. The smallest absolute Gasteiger partial charge is 0.322 e. The first kappa shape index (κ1) is 23.3. The van der Waals surface area contributed by atoms with Gasteiger partial charge in [0.05, 0.1) is 16.8 Å². The lowest BCUT2D eigenvalue weighted by Crippen LogP contribution is -2.64. The molecule has 1 saturated heterocycles. The highest BCUT2D eigenvalue weighted by Crippen LogP contribution is 2.68. The van der Waals surface area contributed by atoms with Gasteiger partial charge in [-0.2, -0.15) is 0 Å². The Labute approximate surface area is 190 Å². The molecule has 32 heavy (non-hydrogen) atoms. The fourth-order valence-electron chi connectivity index (χ4n) is 7.94. The molecule has 0 aromatic carbocycles. The molecule has 8 heteroatoms. The number of nitrogens with one attached hydrogen (secondary N) is 1. The van der Waals surface area contributed by atoms with Crippen LogP contribution in [0.5, 0.6) is 0 Å². The number of aliphatic carboxylic acids is 1. The summed E-state index contributed by atoms with van der Waals surface area (Å²) in [5, 5.41) is 21.2. The zero-order chi connectivity index (χ0) is 23.7. The first-order chi connectivity index (χ1) is 14.7. The number of carbonyl (C=O) groups is 2. The summed E-state index contributed by atoms with van der Waals surface area (Å²) in [6.45, 7) is 8.43. The number of carboxylic acid groups (broad SMARTS) is 1. The Balaban J connectivity index is 1.73. The summed E-state index contributed by atoms with van der Waals surface area (Å²) in [4.78, 5) is 23.2. The maximum absolute atomic E-state index is 13.6. The number of sulfone groups is 1. The van der Waals surface area contributed by atoms with Crippen LogP contribution < -0.4 is 5.32 Å². The fraction of sp³-hybridized carbons (Fsp3) is 0.750. The SMILES string of the molecule is CC1(C)CCC[C@]2(C)[C@H]3CS(=O)(=O)C4C=C(C(=O)NCC(=O)O)C=C(O)C4[C@]3(C)CC[C@@H]12. The van der Waals surface area contributed by atoms with Crippen molar-refractivity contribution in [3.8, 4) is 0 Å². The summed E-state index contributed by atoms with van der Waals surface area (Å²) in [5.74, 6) is -2.12. The molecule has 4 rings (SSSR count). The number of hydrogen-bond donors (Lipinski definition) is 3. The monoisotopic (exact) mass is 465 g/mol. The van der Waals surface area contributed by atoms with Crippen LogP contribution in [0.2, 0.25) is 0 Å². The van der Waals surface area contributed by atoms with E-state index in [1.54, 1.807) is 0 Å². The molecule has 3 fully saturated rings. The molecule has 1 heterocycles. The maximum atomic E-state index is 13.6. The second-order valence-electron chi connectivity index (χ2n) is 11.5. The molecule has 3 aliphatic carbocycles. The van der Waals surface area contributed by atoms with E-state index in [0.717, 1.165) is 32.1 Å². The zero-order valence-electron chi connectivity index (χ0n) is 19.3. The van der Waals surface area contributed by atoms with Gasteiger partial charge in [-0.3, -0.25) is 9.59 Å². The third-order valence-electron chi connectivity index (χ3n) is 9.32. The summed E-state index contributed by atoms with van der Waals surface area (Å²) < 4.78 is 27.1. The van der Waals surface area contributed by atoms with Gasteiger partial charge in [-0.1, -0.05) is 40.2 Å². The van der Waals surface area contributed by atoms with Crippen LogP contribution in [-0.4, -0.2) is 48.1 Å². The van der Waals surface area contributed by atoms with Crippen molar-refractivity contribution in [2.24, 2.45) is 34.0 Å². The predicted octanol–water partition coefficient (Wildman–Crippen LogP) is 3.23. The van der Waals surface area contributed by atoms with Gasteiger partial charge in [0.1, 0.15) is 6.54 Å². The molecule has 0 bridgehead atoms. The number of allylic oxidation sites excluding steroid dienone is 1. The molecule has 178 valence electrons. The van der Waals surface area contributed by atoms with Gasteiger partial charge >= 0.3 is 5.97 Å². The molecule has 0 aromatic heterocycles. The fourth-order valence-corrected chi connectivity index (χ4v) is 10.6. The highest BCUT2D eigenvalue weighted by Gasteiger charge is 2.66. The number of aliphatic hydroxyl groups excluding tert-OH is 1. The molecule has 0 radical (unpaired) electrons. The normalized spacial score (nSPS) is 41.8. The molecule has 0 spiro atoms. The molecule has 1 amide bonds. The van der Waals surface area contributed by atoms with Crippen LogP contribution in [0, 0.1) is 34.0 Å². The Bertz CT molecular complexity index is 1010.